The highest BCUT2D eigenvalue weighted by molar-refractivity contribution is 5.72. The van der Waals surface area contributed by atoms with E-state index in [0.29, 0.717) is 19.8 Å². The normalized spacial score (nSPS) is 20.1. The van der Waals surface area contributed by atoms with E-state index in [0.717, 1.165) is 25.3 Å². The lowest BCUT2D eigenvalue weighted by Crippen LogP contribution is -2.46. The van der Waals surface area contributed by atoms with Gasteiger partial charge in [-0.1, -0.05) is 18.2 Å². The van der Waals surface area contributed by atoms with Gasteiger partial charge in [-0.2, -0.15) is 0 Å². The van der Waals surface area contributed by atoms with Crippen LogP contribution in [-0.4, -0.2) is 54.9 Å². The third-order valence-corrected chi connectivity index (χ3v) is 3.06. The Bertz CT molecular complexity index is 396. The second-order valence-electron chi connectivity index (χ2n) is 4.51. The van der Waals surface area contributed by atoms with Crippen LogP contribution in [0.1, 0.15) is 6.42 Å². The van der Waals surface area contributed by atoms with E-state index in [4.69, 9.17) is 14.6 Å². The molecule has 1 heterocycles. The van der Waals surface area contributed by atoms with Crippen LogP contribution >= 0.6 is 0 Å². The third kappa shape index (κ3) is 4.54. The van der Waals surface area contributed by atoms with E-state index in [-0.39, 0.29) is 0 Å². The Morgan fingerprint density at radius 1 is 1.42 bits per heavy atom. The number of morpholine rings is 1. The molecule has 5 nitrogen and oxygen atoms in total. The number of hydrogen-bond acceptors (Lipinski definition) is 4. The summed E-state index contributed by atoms with van der Waals surface area (Å²) < 4.78 is 10.8. The number of carboxylic acids is 1. The number of hydrogen-bond donors (Lipinski definition) is 1. The Hall–Kier alpha value is -1.59. The van der Waals surface area contributed by atoms with E-state index in [1.54, 1.807) is 0 Å². The Morgan fingerprint density at radius 2 is 2.21 bits per heavy atom. The van der Waals surface area contributed by atoms with E-state index < -0.39 is 12.1 Å². The molecule has 0 spiro atoms. The van der Waals surface area contributed by atoms with Crippen molar-refractivity contribution >= 4 is 5.97 Å². The zero-order valence-electron chi connectivity index (χ0n) is 10.8. The second-order valence-corrected chi connectivity index (χ2v) is 4.51. The predicted octanol–water partition coefficient (Wildman–Crippen LogP) is 1.24. The van der Waals surface area contributed by atoms with Crippen molar-refractivity contribution in [3.8, 4) is 5.75 Å². The largest absolute Gasteiger partial charge is 0.494 e. The maximum absolute atomic E-state index is 10.8. The van der Waals surface area contributed by atoms with Gasteiger partial charge in [0.25, 0.3) is 0 Å². The zero-order valence-corrected chi connectivity index (χ0v) is 10.8. The van der Waals surface area contributed by atoms with Gasteiger partial charge in [-0.15, -0.1) is 0 Å². The molecule has 0 saturated carbocycles. The number of para-hydroxylation sites is 1. The number of ether oxygens (including phenoxy) is 2. The first-order valence-electron chi connectivity index (χ1n) is 6.50. The van der Waals surface area contributed by atoms with Crippen molar-refractivity contribution in [3.05, 3.63) is 30.3 Å². The molecule has 1 atom stereocenters. The minimum Gasteiger partial charge on any atom is -0.494 e. The van der Waals surface area contributed by atoms with Crippen LogP contribution in [0.4, 0.5) is 0 Å². The molecule has 1 aromatic carbocycles. The highest BCUT2D eigenvalue weighted by Crippen LogP contribution is 2.09. The van der Waals surface area contributed by atoms with Crippen molar-refractivity contribution in [1.82, 2.24) is 4.90 Å². The van der Waals surface area contributed by atoms with Gasteiger partial charge in [-0.3, -0.25) is 4.90 Å². The lowest BCUT2D eigenvalue weighted by Gasteiger charge is -2.30. The lowest BCUT2D eigenvalue weighted by molar-refractivity contribution is -0.156. The van der Waals surface area contributed by atoms with Gasteiger partial charge in [0.2, 0.25) is 0 Å². The Kier molecular flexibility index (Phi) is 5.18. The maximum Gasteiger partial charge on any atom is 0.334 e. The fourth-order valence-corrected chi connectivity index (χ4v) is 2.05. The van der Waals surface area contributed by atoms with Crippen molar-refractivity contribution in [3.63, 3.8) is 0 Å². The van der Waals surface area contributed by atoms with Gasteiger partial charge in [0.1, 0.15) is 5.75 Å². The second kappa shape index (κ2) is 7.11. The van der Waals surface area contributed by atoms with Crippen molar-refractivity contribution in [2.45, 2.75) is 12.5 Å². The van der Waals surface area contributed by atoms with Crippen molar-refractivity contribution < 1.29 is 19.4 Å². The molecular weight excluding hydrogens is 246 g/mol. The molecule has 104 valence electrons. The predicted molar refractivity (Wildman–Crippen MR) is 70.4 cm³/mol. The molecule has 0 aliphatic carbocycles. The summed E-state index contributed by atoms with van der Waals surface area (Å²) in [7, 11) is 0. The Balaban J connectivity index is 1.64. The molecule has 1 N–H and O–H groups in total. The molecule has 1 unspecified atom stereocenters. The minimum absolute atomic E-state index is 0.459. The summed E-state index contributed by atoms with van der Waals surface area (Å²) in [5, 5.41) is 8.90. The molecule has 1 aromatic rings. The highest BCUT2D eigenvalue weighted by Gasteiger charge is 2.25. The summed E-state index contributed by atoms with van der Waals surface area (Å²) in [6.07, 6.45) is 0.185. The maximum atomic E-state index is 10.8. The Labute approximate surface area is 112 Å². The van der Waals surface area contributed by atoms with Gasteiger partial charge in [-0.25, -0.2) is 4.79 Å². The summed E-state index contributed by atoms with van der Waals surface area (Å²) in [6.45, 7) is 3.20. The molecule has 1 fully saturated rings. The summed E-state index contributed by atoms with van der Waals surface area (Å²) in [4.78, 5) is 12.9. The smallest absolute Gasteiger partial charge is 0.334 e. The van der Waals surface area contributed by atoms with E-state index in [1.165, 1.54) is 0 Å². The molecule has 1 saturated heterocycles. The third-order valence-electron chi connectivity index (χ3n) is 3.06. The fourth-order valence-electron chi connectivity index (χ4n) is 2.05. The van der Waals surface area contributed by atoms with E-state index in [2.05, 4.69) is 4.90 Å². The zero-order chi connectivity index (χ0) is 13.5. The van der Waals surface area contributed by atoms with Crippen LogP contribution in [0, 0.1) is 0 Å². The van der Waals surface area contributed by atoms with Crippen LogP contribution in [-0.2, 0) is 9.53 Å². The van der Waals surface area contributed by atoms with E-state index in [9.17, 15) is 4.79 Å². The molecule has 5 heteroatoms. The molecule has 19 heavy (non-hydrogen) atoms. The number of aliphatic carboxylic acids is 1. The fraction of sp³-hybridized carbons (Fsp3) is 0.500. The average Bonchev–Trinajstić information content (AvgIpc) is 2.45. The van der Waals surface area contributed by atoms with Gasteiger partial charge in [0, 0.05) is 19.6 Å². The lowest BCUT2D eigenvalue weighted by atomic mass is 10.2. The number of rotatable bonds is 6. The van der Waals surface area contributed by atoms with Gasteiger partial charge in [0.05, 0.1) is 13.2 Å². The molecule has 0 aromatic heterocycles. The van der Waals surface area contributed by atoms with E-state index in [1.807, 2.05) is 30.3 Å². The quantitative estimate of drug-likeness (QED) is 0.784. The number of nitrogens with zero attached hydrogens (tertiary/aromatic N) is 1. The molecule has 1 aliphatic heterocycles. The van der Waals surface area contributed by atoms with Crippen LogP contribution in [0.3, 0.4) is 0 Å². The summed E-state index contributed by atoms with van der Waals surface area (Å²) >= 11 is 0. The first-order chi connectivity index (χ1) is 9.25. The number of benzene rings is 1. The number of carbonyl (C=O) groups is 1. The van der Waals surface area contributed by atoms with E-state index >= 15 is 0 Å². The molecular formula is C14H19NO4. The monoisotopic (exact) mass is 265 g/mol. The first-order valence-corrected chi connectivity index (χ1v) is 6.50. The number of carboxylic acid groups (broad SMARTS) is 1. The summed E-state index contributed by atoms with van der Waals surface area (Å²) in [5.41, 5.74) is 0. The van der Waals surface area contributed by atoms with Crippen LogP contribution < -0.4 is 4.74 Å². The first kappa shape index (κ1) is 13.8. The topological polar surface area (TPSA) is 59.0 Å². The van der Waals surface area contributed by atoms with Gasteiger partial charge in [0.15, 0.2) is 6.10 Å². The van der Waals surface area contributed by atoms with Gasteiger partial charge < -0.3 is 14.6 Å². The molecule has 0 amide bonds. The van der Waals surface area contributed by atoms with Crippen molar-refractivity contribution in [2.75, 3.05) is 32.8 Å². The van der Waals surface area contributed by atoms with Crippen LogP contribution in [0.2, 0.25) is 0 Å². The van der Waals surface area contributed by atoms with Crippen LogP contribution in [0.15, 0.2) is 30.3 Å². The van der Waals surface area contributed by atoms with Gasteiger partial charge in [-0.05, 0) is 18.6 Å². The molecule has 0 radical (unpaired) electrons. The molecule has 0 bridgehead atoms. The standard InChI is InChI=1S/C14H19NO4/c16-14(17)13-11-15(8-10-19-13)7-4-9-18-12-5-2-1-3-6-12/h1-3,5-6,13H,4,7-11H2,(H,16,17). The summed E-state index contributed by atoms with van der Waals surface area (Å²) in [5.74, 6) is -0.0156. The molecule has 1 aliphatic rings. The van der Waals surface area contributed by atoms with Crippen LogP contribution in [0.5, 0.6) is 5.75 Å². The van der Waals surface area contributed by atoms with Gasteiger partial charge >= 0.3 is 5.97 Å². The van der Waals surface area contributed by atoms with Crippen molar-refractivity contribution in [2.24, 2.45) is 0 Å². The van der Waals surface area contributed by atoms with Crippen molar-refractivity contribution in [1.29, 1.82) is 0 Å². The Morgan fingerprint density at radius 3 is 2.95 bits per heavy atom. The summed E-state index contributed by atoms with van der Waals surface area (Å²) in [6, 6.07) is 9.68. The SMILES string of the molecule is O=C(O)C1CN(CCCOc2ccccc2)CCO1. The average molecular weight is 265 g/mol. The van der Waals surface area contributed by atoms with Crippen LogP contribution in [0.25, 0.3) is 0 Å². The molecule has 2 rings (SSSR count). The highest BCUT2D eigenvalue weighted by atomic mass is 16.5. The minimum atomic E-state index is -0.884.